The predicted molar refractivity (Wildman–Crippen MR) is 67.9 cm³/mol. The SMILES string of the molecule is CC(O)Cc1csc(-c2cccc(C(F)(F)F)c2)n1. The highest BCUT2D eigenvalue weighted by molar-refractivity contribution is 7.13. The molecule has 0 fully saturated rings. The van der Waals surface area contributed by atoms with Crippen LogP contribution in [-0.4, -0.2) is 16.2 Å². The lowest BCUT2D eigenvalue weighted by atomic mass is 10.1. The summed E-state index contributed by atoms with van der Waals surface area (Å²) in [6, 6.07) is 5.09. The molecule has 1 atom stereocenters. The maximum Gasteiger partial charge on any atom is 0.416 e. The Morgan fingerprint density at radius 3 is 2.74 bits per heavy atom. The fraction of sp³-hybridized carbons (Fsp3) is 0.308. The Bertz CT molecular complexity index is 563. The molecule has 0 aliphatic carbocycles. The second kappa shape index (κ2) is 5.30. The number of hydrogen-bond acceptors (Lipinski definition) is 3. The van der Waals surface area contributed by atoms with Gasteiger partial charge in [0.2, 0.25) is 0 Å². The van der Waals surface area contributed by atoms with E-state index < -0.39 is 17.8 Å². The molecule has 1 unspecified atom stereocenters. The fourth-order valence-electron chi connectivity index (χ4n) is 1.66. The second-order valence-electron chi connectivity index (χ2n) is 4.28. The van der Waals surface area contributed by atoms with Gasteiger partial charge in [-0.2, -0.15) is 13.2 Å². The molecule has 1 heterocycles. The van der Waals surface area contributed by atoms with Crippen molar-refractivity contribution in [2.45, 2.75) is 25.6 Å². The number of alkyl halides is 3. The summed E-state index contributed by atoms with van der Waals surface area (Å²) in [4.78, 5) is 4.23. The Morgan fingerprint density at radius 1 is 1.37 bits per heavy atom. The number of hydrogen-bond donors (Lipinski definition) is 1. The van der Waals surface area contributed by atoms with E-state index in [4.69, 9.17) is 0 Å². The van der Waals surface area contributed by atoms with Crippen LogP contribution in [0.3, 0.4) is 0 Å². The van der Waals surface area contributed by atoms with Gasteiger partial charge >= 0.3 is 6.18 Å². The van der Waals surface area contributed by atoms with Crippen LogP contribution in [-0.2, 0) is 12.6 Å². The van der Waals surface area contributed by atoms with Gasteiger partial charge in [0.15, 0.2) is 0 Å². The van der Waals surface area contributed by atoms with Crippen molar-refractivity contribution >= 4 is 11.3 Å². The minimum Gasteiger partial charge on any atom is -0.393 e. The molecule has 6 heteroatoms. The minimum absolute atomic E-state index is 0.398. The Labute approximate surface area is 112 Å². The van der Waals surface area contributed by atoms with Gasteiger partial charge in [-0.3, -0.25) is 0 Å². The Hall–Kier alpha value is -1.40. The lowest BCUT2D eigenvalue weighted by molar-refractivity contribution is -0.137. The van der Waals surface area contributed by atoms with E-state index in [9.17, 15) is 18.3 Å². The van der Waals surface area contributed by atoms with Crippen molar-refractivity contribution in [3.05, 3.63) is 40.9 Å². The van der Waals surface area contributed by atoms with Crippen LogP contribution < -0.4 is 0 Å². The standard InChI is InChI=1S/C13H12F3NOS/c1-8(18)5-11-7-19-12(17-11)9-3-2-4-10(6-9)13(14,15)16/h2-4,6-8,18H,5H2,1H3. The molecule has 1 aromatic carbocycles. The molecule has 0 spiro atoms. The summed E-state index contributed by atoms with van der Waals surface area (Å²) in [6.45, 7) is 1.64. The van der Waals surface area contributed by atoms with E-state index in [1.165, 1.54) is 17.4 Å². The molecule has 0 aliphatic heterocycles. The van der Waals surface area contributed by atoms with Crippen LogP contribution in [0.25, 0.3) is 10.6 Å². The van der Waals surface area contributed by atoms with Gasteiger partial charge in [0, 0.05) is 17.4 Å². The molecule has 0 aliphatic rings. The minimum atomic E-state index is -4.35. The topological polar surface area (TPSA) is 33.1 Å². The number of aliphatic hydroxyl groups excluding tert-OH is 1. The summed E-state index contributed by atoms with van der Waals surface area (Å²) in [5.41, 5.74) is 0.446. The third-order valence-electron chi connectivity index (χ3n) is 2.49. The van der Waals surface area contributed by atoms with E-state index in [2.05, 4.69) is 4.98 Å². The van der Waals surface area contributed by atoms with Gasteiger partial charge in [-0.05, 0) is 19.1 Å². The smallest absolute Gasteiger partial charge is 0.393 e. The van der Waals surface area contributed by atoms with E-state index in [1.54, 1.807) is 18.4 Å². The first-order chi connectivity index (χ1) is 8.86. The predicted octanol–water partition coefficient (Wildman–Crippen LogP) is 3.75. The van der Waals surface area contributed by atoms with Crippen molar-refractivity contribution in [1.29, 1.82) is 0 Å². The number of benzene rings is 1. The van der Waals surface area contributed by atoms with E-state index in [-0.39, 0.29) is 0 Å². The molecule has 0 saturated carbocycles. The van der Waals surface area contributed by atoms with Gasteiger partial charge in [0.1, 0.15) is 5.01 Å². The van der Waals surface area contributed by atoms with Gasteiger partial charge in [-0.25, -0.2) is 4.98 Å². The molecule has 0 amide bonds. The first kappa shape index (κ1) is 14.0. The van der Waals surface area contributed by atoms with Crippen LogP contribution in [0.1, 0.15) is 18.2 Å². The average molecular weight is 287 g/mol. The summed E-state index contributed by atoms with van der Waals surface area (Å²) >= 11 is 1.27. The Kier molecular flexibility index (Phi) is 3.91. The summed E-state index contributed by atoms with van der Waals surface area (Å²) < 4.78 is 37.8. The average Bonchev–Trinajstić information content (AvgIpc) is 2.76. The van der Waals surface area contributed by atoms with Gasteiger partial charge in [0.25, 0.3) is 0 Å². The van der Waals surface area contributed by atoms with E-state index in [0.29, 0.717) is 22.7 Å². The Balaban J connectivity index is 2.29. The summed E-state index contributed by atoms with van der Waals surface area (Å²) in [5.74, 6) is 0. The van der Waals surface area contributed by atoms with Crippen LogP contribution in [0.2, 0.25) is 0 Å². The van der Waals surface area contributed by atoms with Crippen molar-refractivity contribution in [1.82, 2.24) is 4.98 Å². The number of halogens is 3. The molecule has 0 bridgehead atoms. The van der Waals surface area contributed by atoms with Crippen molar-refractivity contribution in [3.63, 3.8) is 0 Å². The van der Waals surface area contributed by atoms with Crippen LogP contribution in [0.4, 0.5) is 13.2 Å². The van der Waals surface area contributed by atoms with Crippen LogP contribution in [0, 0.1) is 0 Å². The number of aromatic nitrogens is 1. The molecule has 1 aromatic heterocycles. The molecule has 102 valence electrons. The molecular formula is C13H12F3NOS. The van der Waals surface area contributed by atoms with E-state index >= 15 is 0 Å². The fourth-order valence-corrected chi connectivity index (χ4v) is 2.49. The molecular weight excluding hydrogens is 275 g/mol. The van der Waals surface area contributed by atoms with Crippen LogP contribution in [0.5, 0.6) is 0 Å². The second-order valence-corrected chi connectivity index (χ2v) is 5.13. The van der Waals surface area contributed by atoms with Crippen LogP contribution in [0.15, 0.2) is 29.6 Å². The van der Waals surface area contributed by atoms with E-state index in [1.807, 2.05) is 0 Å². The third kappa shape index (κ3) is 3.54. The number of rotatable bonds is 3. The molecule has 2 nitrogen and oxygen atoms in total. The van der Waals surface area contributed by atoms with Gasteiger partial charge in [0.05, 0.1) is 17.4 Å². The van der Waals surface area contributed by atoms with Crippen molar-refractivity contribution < 1.29 is 18.3 Å². The van der Waals surface area contributed by atoms with E-state index in [0.717, 1.165) is 12.1 Å². The first-order valence-electron chi connectivity index (χ1n) is 5.66. The lowest BCUT2D eigenvalue weighted by Gasteiger charge is -2.07. The van der Waals surface area contributed by atoms with Gasteiger partial charge < -0.3 is 5.11 Å². The quantitative estimate of drug-likeness (QED) is 0.932. The highest BCUT2D eigenvalue weighted by atomic mass is 32.1. The van der Waals surface area contributed by atoms with Crippen molar-refractivity contribution in [2.24, 2.45) is 0 Å². The monoisotopic (exact) mass is 287 g/mol. The van der Waals surface area contributed by atoms with Gasteiger partial charge in [-0.15, -0.1) is 11.3 Å². The summed E-state index contributed by atoms with van der Waals surface area (Å²) in [7, 11) is 0. The summed E-state index contributed by atoms with van der Waals surface area (Å²) in [5, 5.41) is 11.5. The molecule has 2 rings (SSSR count). The van der Waals surface area contributed by atoms with Crippen molar-refractivity contribution in [3.8, 4) is 10.6 Å². The zero-order valence-corrected chi connectivity index (χ0v) is 10.9. The molecule has 1 N–H and O–H groups in total. The van der Waals surface area contributed by atoms with Crippen LogP contribution >= 0.6 is 11.3 Å². The normalized spacial score (nSPS) is 13.5. The maximum atomic E-state index is 12.6. The largest absolute Gasteiger partial charge is 0.416 e. The third-order valence-corrected chi connectivity index (χ3v) is 3.43. The Morgan fingerprint density at radius 2 is 2.11 bits per heavy atom. The maximum absolute atomic E-state index is 12.6. The number of nitrogens with zero attached hydrogens (tertiary/aromatic N) is 1. The number of thiazole rings is 1. The lowest BCUT2D eigenvalue weighted by Crippen LogP contribution is -2.05. The molecule has 0 saturated heterocycles. The van der Waals surface area contributed by atoms with Gasteiger partial charge in [-0.1, -0.05) is 12.1 Å². The zero-order valence-electron chi connectivity index (χ0n) is 10.1. The molecule has 0 radical (unpaired) electrons. The first-order valence-corrected chi connectivity index (χ1v) is 6.54. The van der Waals surface area contributed by atoms with Crippen molar-refractivity contribution in [2.75, 3.05) is 0 Å². The zero-order chi connectivity index (χ0) is 14.0. The number of aliphatic hydroxyl groups is 1. The highest BCUT2D eigenvalue weighted by Gasteiger charge is 2.30. The molecule has 2 aromatic rings. The molecule has 19 heavy (non-hydrogen) atoms. The summed E-state index contributed by atoms with van der Waals surface area (Å²) in [6.07, 6.45) is -4.47. The highest BCUT2D eigenvalue weighted by Crippen LogP contribution is 2.33.